The highest BCUT2D eigenvalue weighted by molar-refractivity contribution is 8.13. The number of hydrogen-bond donors (Lipinski definition) is 2. The molecule has 0 saturated heterocycles. The minimum Gasteiger partial charge on any atom is -0.481 e. The van der Waals surface area contributed by atoms with Gasteiger partial charge in [0.2, 0.25) is 5.88 Å². The number of hydrazone groups is 1. The summed E-state index contributed by atoms with van der Waals surface area (Å²) in [6, 6.07) is 5.55. The zero-order valence-corrected chi connectivity index (χ0v) is 8.62. The molecule has 76 valence electrons. The van der Waals surface area contributed by atoms with Gasteiger partial charge in [0.05, 0.1) is 12.8 Å². The smallest absolute Gasteiger partial charge is 0.213 e. The van der Waals surface area contributed by atoms with Crippen molar-refractivity contribution in [2.75, 3.05) is 7.11 Å². The van der Waals surface area contributed by atoms with Crippen LogP contribution in [-0.2, 0) is 5.75 Å². The van der Waals surface area contributed by atoms with E-state index < -0.39 is 0 Å². The van der Waals surface area contributed by atoms with E-state index in [0.717, 1.165) is 5.69 Å². The summed E-state index contributed by atoms with van der Waals surface area (Å²) in [7, 11) is 1.58. The summed E-state index contributed by atoms with van der Waals surface area (Å²) in [6.07, 6.45) is 0. The van der Waals surface area contributed by atoms with Crippen molar-refractivity contribution in [1.82, 2.24) is 4.98 Å². The van der Waals surface area contributed by atoms with Gasteiger partial charge in [-0.2, -0.15) is 5.10 Å². The lowest BCUT2D eigenvalue weighted by molar-refractivity contribution is 0.397. The maximum atomic E-state index is 5.42. The van der Waals surface area contributed by atoms with E-state index in [0.29, 0.717) is 16.8 Å². The van der Waals surface area contributed by atoms with Gasteiger partial charge < -0.3 is 16.3 Å². The van der Waals surface area contributed by atoms with Crippen molar-refractivity contribution in [3.8, 4) is 5.88 Å². The normalized spacial score (nSPS) is 11.4. The van der Waals surface area contributed by atoms with Gasteiger partial charge in [-0.3, -0.25) is 0 Å². The number of pyridine rings is 1. The van der Waals surface area contributed by atoms with Gasteiger partial charge in [0, 0.05) is 11.8 Å². The van der Waals surface area contributed by atoms with Crippen LogP contribution in [0.3, 0.4) is 0 Å². The van der Waals surface area contributed by atoms with Crippen LogP contribution in [0.15, 0.2) is 23.3 Å². The molecule has 0 radical (unpaired) electrons. The highest BCUT2D eigenvalue weighted by atomic mass is 32.2. The first kappa shape index (κ1) is 10.6. The van der Waals surface area contributed by atoms with Crippen molar-refractivity contribution >= 4 is 16.9 Å². The predicted octanol–water partition coefficient (Wildman–Crippen LogP) is 0.512. The topological polar surface area (TPSA) is 86.5 Å². The van der Waals surface area contributed by atoms with Crippen LogP contribution < -0.4 is 16.3 Å². The molecule has 0 bridgehead atoms. The van der Waals surface area contributed by atoms with Crippen molar-refractivity contribution in [2.24, 2.45) is 16.7 Å². The highest BCUT2D eigenvalue weighted by Gasteiger charge is 1.99. The lowest BCUT2D eigenvalue weighted by Crippen LogP contribution is -2.09. The number of ether oxygens (including phenoxy) is 1. The first-order valence-corrected chi connectivity index (χ1v) is 4.91. The number of nitrogens with zero attached hydrogens (tertiary/aromatic N) is 2. The summed E-state index contributed by atoms with van der Waals surface area (Å²) in [6.45, 7) is 0. The molecule has 14 heavy (non-hydrogen) atoms. The molecule has 0 atom stereocenters. The van der Waals surface area contributed by atoms with Gasteiger partial charge in [-0.05, 0) is 6.07 Å². The van der Waals surface area contributed by atoms with E-state index in [-0.39, 0.29) is 0 Å². The molecule has 5 nitrogen and oxygen atoms in total. The molecule has 0 aliphatic rings. The van der Waals surface area contributed by atoms with Crippen LogP contribution in [0, 0.1) is 0 Å². The molecule has 6 heteroatoms. The minimum absolute atomic E-state index is 0.342. The molecular weight excluding hydrogens is 200 g/mol. The monoisotopic (exact) mass is 212 g/mol. The Labute approximate surface area is 86.5 Å². The molecule has 0 fully saturated rings. The van der Waals surface area contributed by atoms with E-state index in [1.165, 1.54) is 11.8 Å². The Balaban J connectivity index is 2.58. The van der Waals surface area contributed by atoms with Crippen LogP contribution in [0.1, 0.15) is 5.69 Å². The Morgan fingerprint density at radius 1 is 1.64 bits per heavy atom. The van der Waals surface area contributed by atoms with Crippen molar-refractivity contribution in [3.63, 3.8) is 0 Å². The number of amidine groups is 1. The first-order chi connectivity index (χ1) is 6.76. The lowest BCUT2D eigenvalue weighted by Gasteiger charge is -2.02. The van der Waals surface area contributed by atoms with Gasteiger partial charge in [-0.15, -0.1) is 0 Å². The second kappa shape index (κ2) is 5.33. The Bertz CT molecular complexity index is 329. The van der Waals surface area contributed by atoms with Gasteiger partial charge in [-0.25, -0.2) is 4.98 Å². The summed E-state index contributed by atoms with van der Waals surface area (Å²) < 4.78 is 4.98. The Morgan fingerprint density at radius 3 is 3.07 bits per heavy atom. The number of nitrogens with two attached hydrogens (primary N) is 2. The minimum atomic E-state index is 0.342. The molecule has 0 amide bonds. The summed E-state index contributed by atoms with van der Waals surface area (Å²) in [5.74, 6) is 6.21. The zero-order chi connectivity index (χ0) is 10.4. The van der Waals surface area contributed by atoms with Gasteiger partial charge >= 0.3 is 0 Å². The van der Waals surface area contributed by atoms with Gasteiger partial charge in [0.25, 0.3) is 0 Å². The Kier molecular flexibility index (Phi) is 4.06. The van der Waals surface area contributed by atoms with Crippen molar-refractivity contribution in [1.29, 1.82) is 0 Å². The van der Waals surface area contributed by atoms with Crippen LogP contribution in [0.2, 0.25) is 0 Å². The first-order valence-electron chi connectivity index (χ1n) is 3.92. The molecule has 1 heterocycles. The fraction of sp³-hybridized carbons (Fsp3) is 0.250. The van der Waals surface area contributed by atoms with Crippen molar-refractivity contribution < 1.29 is 4.74 Å². The fourth-order valence-corrected chi connectivity index (χ4v) is 1.37. The Morgan fingerprint density at radius 2 is 2.43 bits per heavy atom. The van der Waals surface area contributed by atoms with Crippen LogP contribution in [0.25, 0.3) is 0 Å². The molecule has 1 aromatic heterocycles. The molecule has 0 spiro atoms. The largest absolute Gasteiger partial charge is 0.481 e. The lowest BCUT2D eigenvalue weighted by atomic mass is 10.4. The molecule has 0 saturated carbocycles. The van der Waals surface area contributed by atoms with Crippen LogP contribution in [0.4, 0.5) is 0 Å². The second-order valence-electron chi connectivity index (χ2n) is 2.43. The zero-order valence-electron chi connectivity index (χ0n) is 7.80. The SMILES string of the molecule is COc1cccc(CSC(N)=NN)n1. The number of hydrogen-bond acceptors (Lipinski definition) is 5. The molecule has 0 aliphatic carbocycles. The van der Waals surface area contributed by atoms with Crippen LogP contribution in [0.5, 0.6) is 5.88 Å². The number of methoxy groups -OCH3 is 1. The van der Waals surface area contributed by atoms with E-state index in [9.17, 15) is 0 Å². The molecule has 1 rings (SSSR count). The molecule has 0 aliphatic heterocycles. The van der Waals surface area contributed by atoms with Crippen LogP contribution >= 0.6 is 11.8 Å². The summed E-state index contributed by atoms with van der Waals surface area (Å²) >= 11 is 1.33. The average molecular weight is 212 g/mol. The quantitative estimate of drug-likeness (QED) is 0.330. The number of rotatable bonds is 3. The van der Waals surface area contributed by atoms with Gasteiger partial charge in [0.15, 0.2) is 5.17 Å². The molecule has 0 unspecified atom stereocenters. The molecule has 1 aromatic rings. The third kappa shape index (κ3) is 3.14. The molecular formula is C8H12N4OS. The maximum absolute atomic E-state index is 5.42. The van der Waals surface area contributed by atoms with Crippen molar-refractivity contribution in [3.05, 3.63) is 23.9 Å². The maximum Gasteiger partial charge on any atom is 0.213 e. The highest BCUT2D eigenvalue weighted by Crippen LogP contribution is 2.12. The Hall–Kier alpha value is -1.43. The fourth-order valence-electron chi connectivity index (χ4n) is 0.837. The summed E-state index contributed by atoms with van der Waals surface area (Å²) in [5, 5.41) is 3.69. The standard InChI is InChI=1S/C8H12N4OS/c1-13-7-4-2-3-6(11-7)5-14-8(9)12-10/h2-4H,5,10H2,1H3,(H2,9,12). The average Bonchev–Trinajstić information content (AvgIpc) is 2.26. The van der Waals surface area contributed by atoms with Gasteiger partial charge in [-0.1, -0.05) is 17.8 Å². The summed E-state index contributed by atoms with van der Waals surface area (Å²) in [5.41, 5.74) is 6.30. The predicted molar refractivity (Wildman–Crippen MR) is 57.9 cm³/mol. The number of aromatic nitrogens is 1. The van der Waals surface area contributed by atoms with Crippen molar-refractivity contribution in [2.45, 2.75) is 5.75 Å². The van der Waals surface area contributed by atoms with E-state index in [1.54, 1.807) is 13.2 Å². The van der Waals surface area contributed by atoms with Crippen LogP contribution in [-0.4, -0.2) is 17.3 Å². The van der Waals surface area contributed by atoms with E-state index in [4.69, 9.17) is 16.3 Å². The van der Waals surface area contributed by atoms with E-state index >= 15 is 0 Å². The molecule has 0 aromatic carbocycles. The third-order valence-electron chi connectivity index (χ3n) is 1.49. The second-order valence-corrected chi connectivity index (χ2v) is 3.42. The molecule has 4 N–H and O–H groups in total. The van der Waals surface area contributed by atoms with E-state index in [2.05, 4.69) is 10.1 Å². The summed E-state index contributed by atoms with van der Waals surface area (Å²) in [4.78, 5) is 4.20. The third-order valence-corrected chi connectivity index (χ3v) is 2.33. The van der Waals surface area contributed by atoms with Gasteiger partial charge in [0.1, 0.15) is 0 Å². The number of thioether (sulfide) groups is 1. The van der Waals surface area contributed by atoms with E-state index in [1.807, 2.05) is 12.1 Å².